The van der Waals surface area contributed by atoms with Crippen molar-refractivity contribution in [2.75, 3.05) is 0 Å². The van der Waals surface area contributed by atoms with Gasteiger partial charge in [-0.3, -0.25) is 4.79 Å². The van der Waals surface area contributed by atoms with Gasteiger partial charge in [-0.2, -0.15) is 0 Å². The Kier molecular flexibility index (Phi) is 4.83. The van der Waals surface area contributed by atoms with E-state index in [1.165, 1.54) is 12.1 Å². The number of carboxylic acids is 1. The summed E-state index contributed by atoms with van der Waals surface area (Å²) in [5.41, 5.74) is 0.765. The number of aliphatic carboxylic acids is 1. The van der Waals surface area contributed by atoms with Gasteiger partial charge in [-0.05, 0) is 24.1 Å². The number of unbranched alkanes of at least 4 members (excludes halogenated alkanes) is 2. The maximum absolute atomic E-state index is 11.1. The maximum atomic E-state index is 11.1. The molecule has 3 nitrogen and oxygen atoms in total. The van der Waals surface area contributed by atoms with Crippen molar-refractivity contribution in [3.05, 3.63) is 29.8 Å². The van der Waals surface area contributed by atoms with Gasteiger partial charge in [-0.15, -0.1) is 0 Å². The van der Waals surface area contributed by atoms with Crippen molar-refractivity contribution in [3.63, 3.8) is 0 Å². The first-order valence-corrected chi connectivity index (χ1v) is 5.67. The predicted octanol–water partition coefficient (Wildman–Crippen LogP) is 3.14. The van der Waals surface area contributed by atoms with Crippen LogP contribution < -0.4 is 0 Å². The largest absolute Gasteiger partial charge is 0.508 e. The van der Waals surface area contributed by atoms with Crippen molar-refractivity contribution >= 4 is 5.97 Å². The predicted molar refractivity (Wildman–Crippen MR) is 62.6 cm³/mol. The molecular weight excluding hydrogens is 204 g/mol. The molecule has 0 heterocycles. The number of benzene rings is 1. The Morgan fingerprint density at radius 3 is 2.38 bits per heavy atom. The minimum atomic E-state index is -0.790. The van der Waals surface area contributed by atoms with Crippen LogP contribution in [0.2, 0.25) is 0 Å². The molecule has 0 aliphatic carbocycles. The third-order valence-electron chi connectivity index (χ3n) is 2.69. The van der Waals surface area contributed by atoms with Gasteiger partial charge in [-0.1, -0.05) is 38.3 Å². The van der Waals surface area contributed by atoms with Crippen molar-refractivity contribution in [3.8, 4) is 5.75 Å². The summed E-state index contributed by atoms with van der Waals surface area (Å²) in [4.78, 5) is 11.1. The fourth-order valence-corrected chi connectivity index (χ4v) is 1.74. The molecule has 2 N–H and O–H groups in total. The van der Waals surface area contributed by atoms with Gasteiger partial charge in [-0.25, -0.2) is 0 Å². The zero-order chi connectivity index (χ0) is 12.0. The van der Waals surface area contributed by atoms with Crippen molar-refractivity contribution in [2.45, 2.75) is 38.5 Å². The Hall–Kier alpha value is -1.51. The van der Waals surface area contributed by atoms with Crippen LogP contribution in [0, 0.1) is 0 Å². The number of carboxylic acid groups (broad SMARTS) is 1. The molecule has 0 fully saturated rings. The molecule has 0 bridgehead atoms. The highest BCUT2D eigenvalue weighted by Crippen LogP contribution is 2.24. The number of phenolic OH excluding ortho intramolecular Hbond substituents is 1. The van der Waals surface area contributed by atoms with E-state index in [-0.39, 0.29) is 5.75 Å². The molecule has 1 aromatic carbocycles. The van der Waals surface area contributed by atoms with E-state index in [4.69, 9.17) is 10.2 Å². The van der Waals surface area contributed by atoms with Crippen LogP contribution >= 0.6 is 0 Å². The molecule has 1 atom stereocenters. The molecule has 0 radical (unpaired) electrons. The second-order valence-corrected chi connectivity index (χ2v) is 3.98. The van der Waals surface area contributed by atoms with Crippen molar-refractivity contribution in [2.24, 2.45) is 0 Å². The second kappa shape index (κ2) is 6.16. The lowest BCUT2D eigenvalue weighted by Gasteiger charge is -2.12. The van der Waals surface area contributed by atoms with Crippen LogP contribution in [-0.2, 0) is 4.79 Å². The first kappa shape index (κ1) is 12.6. The Morgan fingerprint density at radius 1 is 1.25 bits per heavy atom. The number of hydrogen-bond acceptors (Lipinski definition) is 2. The molecular formula is C13H18O3. The molecule has 3 heteroatoms. The van der Waals surface area contributed by atoms with Crippen LogP contribution in [0.1, 0.15) is 44.1 Å². The molecule has 0 amide bonds. The number of carbonyl (C=O) groups is 1. The van der Waals surface area contributed by atoms with Crippen LogP contribution in [0.5, 0.6) is 5.75 Å². The van der Waals surface area contributed by atoms with E-state index in [0.717, 1.165) is 24.8 Å². The molecule has 1 rings (SSSR count). The van der Waals surface area contributed by atoms with Gasteiger partial charge in [0.1, 0.15) is 5.75 Å². The van der Waals surface area contributed by atoms with Crippen molar-refractivity contribution < 1.29 is 15.0 Å². The van der Waals surface area contributed by atoms with Crippen molar-refractivity contribution in [1.82, 2.24) is 0 Å². The summed E-state index contributed by atoms with van der Waals surface area (Å²) in [5.74, 6) is -1.07. The number of hydrogen-bond donors (Lipinski definition) is 2. The fraction of sp³-hybridized carbons (Fsp3) is 0.462. The van der Waals surface area contributed by atoms with Crippen LogP contribution in [0.15, 0.2) is 24.3 Å². The zero-order valence-electron chi connectivity index (χ0n) is 9.52. The lowest BCUT2D eigenvalue weighted by atomic mass is 9.93. The van der Waals surface area contributed by atoms with Gasteiger partial charge in [0.15, 0.2) is 0 Å². The third-order valence-corrected chi connectivity index (χ3v) is 2.69. The maximum Gasteiger partial charge on any atom is 0.310 e. The van der Waals surface area contributed by atoms with E-state index in [9.17, 15) is 4.79 Å². The molecule has 88 valence electrons. The van der Waals surface area contributed by atoms with Gasteiger partial charge in [0.2, 0.25) is 0 Å². The molecule has 16 heavy (non-hydrogen) atoms. The van der Waals surface area contributed by atoms with Gasteiger partial charge in [0.25, 0.3) is 0 Å². The topological polar surface area (TPSA) is 57.5 Å². The van der Waals surface area contributed by atoms with Crippen LogP contribution in [0.3, 0.4) is 0 Å². The number of rotatable bonds is 6. The summed E-state index contributed by atoms with van der Waals surface area (Å²) in [6.45, 7) is 2.09. The summed E-state index contributed by atoms with van der Waals surface area (Å²) in [7, 11) is 0. The Balaban J connectivity index is 2.69. The second-order valence-electron chi connectivity index (χ2n) is 3.98. The van der Waals surface area contributed by atoms with Gasteiger partial charge in [0, 0.05) is 0 Å². The van der Waals surface area contributed by atoms with E-state index >= 15 is 0 Å². The molecule has 0 saturated heterocycles. The van der Waals surface area contributed by atoms with E-state index in [0.29, 0.717) is 6.42 Å². The number of aromatic hydroxyl groups is 1. The molecule has 1 unspecified atom stereocenters. The minimum absolute atomic E-state index is 0.168. The zero-order valence-corrected chi connectivity index (χ0v) is 9.52. The molecule has 0 aromatic heterocycles. The molecule has 1 aromatic rings. The highest BCUT2D eigenvalue weighted by atomic mass is 16.4. The normalized spacial score (nSPS) is 12.3. The number of phenols is 1. The Labute approximate surface area is 95.7 Å². The van der Waals surface area contributed by atoms with E-state index in [1.807, 2.05) is 0 Å². The highest BCUT2D eigenvalue weighted by Gasteiger charge is 2.18. The van der Waals surface area contributed by atoms with Gasteiger partial charge < -0.3 is 10.2 Å². The molecule has 0 saturated carbocycles. The summed E-state index contributed by atoms with van der Waals surface area (Å²) in [5, 5.41) is 18.3. The smallest absolute Gasteiger partial charge is 0.310 e. The summed E-state index contributed by atoms with van der Waals surface area (Å²) in [6.07, 6.45) is 3.73. The molecule has 0 aliphatic heterocycles. The average molecular weight is 222 g/mol. The highest BCUT2D eigenvalue weighted by molar-refractivity contribution is 5.76. The lowest BCUT2D eigenvalue weighted by Crippen LogP contribution is -2.11. The van der Waals surface area contributed by atoms with Crippen LogP contribution in [-0.4, -0.2) is 16.2 Å². The average Bonchev–Trinajstić information content (AvgIpc) is 2.26. The molecule has 0 spiro atoms. The summed E-state index contributed by atoms with van der Waals surface area (Å²) < 4.78 is 0. The van der Waals surface area contributed by atoms with E-state index in [2.05, 4.69) is 6.92 Å². The van der Waals surface area contributed by atoms with Crippen LogP contribution in [0.4, 0.5) is 0 Å². The van der Waals surface area contributed by atoms with Gasteiger partial charge in [0.05, 0.1) is 5.92 Å². The van der Waals surface area contributed by atoms with Gasteiger partial charge >= 0.3 is 5.97 Å². The first-order valence-electron chi connectivity index (χ1n) is 5.67. The first-order chi connectivity index (χ1) is 7.65. The summed E-state index contributed by atoms with van der Waals surface area (Å²) in [6, 6.07) is 6.43. The third kappa shape index (κ3) is 3.57. The summed E-state index contributed by atoms with van der Waals surface area (Å²) >= 11 is 0. The SMILES string of the molecule is CCCCCC(C(=O)O)c1ccc(O)cc1. The van der Waals surface area contributed by atoms with E-state index in [1.54, 1.807) is 12.1 Å². The lowest BCUT2D eigenvalue weighted by molar-refractivity contribution is -0.139. The standard InChI is InChI=1S/C13H18O3/c1-2-3-4-5-12(13(15)16)10-6-8-11(14)9-7-10/h6-9,12,14H,2-5H2,1H3,(H,15,16). The van der Waals surface area contributed by atoms with Crippen molar-refractivity contribution in [1.29, 1.82) is 0 Å². The Bertz CT molecular complexity index is 330. The monoisotopic (exact) mass is 222 g/mol. The van der Waals surface area contributed by atoms with Crippen LogP contribution in [0.25, 0.3) is 0 Å². The fourth-order valence-electron chi connectivity index (χ4n) is 1.74. The minimum Gasteiger partial charge on any atom is -0.508 e. The quantitative estimate of drug-likeness (QED) is 0.727. The van der Waals surface area contributed by atoms with E-state index < -0.39 is 11.9 Å². The Morgan fingerprint density at radius 2 is 1.88 bits per heavy atom. The molecule has 0 aliphatic rings.